The molecule has 1 amide bonds. The number of ketones is 1. The fourth-order valence-corrected chi connectivity index (χ4v) is 2.88. The maximum absolute atomic E-state index is 12.5. The van der Waals surface area contributed by atoms with Crippen LogP contribution < -0.4 is 0 Å². The Morgan fingerprint density at radius 2 is 1.75 bits per heavy atom. The Hall–Kier alpha value is -2.10. The van der Waals surface area contributed by atoms with Gasteiger partial charge in [0.1, 0.15) is 0 Å². The molecule has 0 atom stereocenters. The molecule has 2 aromatic rings. The van der Waals surface area contributed by atoms with Gasteiger partial charge in [-0.15, -0.1) is 0 Å². The van der Waals surface area contributed by atoms with E-state index in [9.17, 15) is 9.59 Å². The monoisotopic (exact) mass is 270 g/mol. The second-order valence-electron chi connectivity index (χ2n) is 5.35. The van der Waals surface area contributed by atoms with Gasteiger partial charge in [-0.1, -0.05) is 18.2 Å². The highest BCUT2D eigenvalue weighted by Gasteiger charge is 2.26. The van der Waals surface area contributed by atoms with Gasteiger partial charge in [-0.2, -0.15) is 0 Å². The van der Waals surface area contributed by atoms with Gasteiger partial charge in [0, 0.05) is 37.2 Å². The first-order valence-electron chi connectivity index (χ1n) is 7.06. The number of likely N-dealkylation sites (tertiary alicyclic amines) is 1. The molecule has 0 bridgehead atoms. The van der Waals surface area contributed by atoms with Gasteiger partial charge in [0.2, 0.25) is 0 Å². The van der Waals surface area contributed by atoms with Crippen LogP contribution in [0.5, 0.6) is 0 Å². The van der Waals surface area contributed by atoms with Crippen LogP contribution in [-0.2, 0) is 11.8 Å². The number of fused-ring (bicyclic) bond motifs is 1. The van der Waals surface area contributed by atoms with Crippen LogP contribution in [0.2, 0.25) is 0 Å². The van der Waals surface area contributed by atoms with Crippen LogP contribution in [0.4, 0.5) is 0 Å². The lowest BCUT2D eigenvalue weighted by Gasteiger charge is -2.25. The molecule has 1 aliphatic heterocycles. The number of hydrogen-bond donors (Lipinski definition) is 0. The molecule has 1 saturated heterocycles. The quantitative estimate of drug-likeness (QED) is 0.621. The molecule has 0 N–H and O–H groups in total. The fourth-order valence-electron chi connectivity index (χ4n) is 2.88. The minimum atomic E-state index is -0.385. The van der Waals surface area contributed by atoms with E-state index in [0.717, 1.165) is 30.2 Å². The van der Waals surface area contributed by atoms with Crippen molar-refractivity contribution in [2.75, 3.05) is 13.1 Å². The molecule has 4 nitrogen and oxygen atoms in total. The van der Waals surface area contributed by atoms with Crippen molar-refractivity contribution in [2.24, 2.45) is 7.05 Å². The van der Waals surface area contributed by atoms with Gasteiger partial charge in [0.25, 0.3) is 11.7 Å². The largest absolute Gasteiger partial charge is 0.350 e. The molecule has 3 rings (SSSR count). The number of piperidine rings is 1. The van der Waals surface area contributed by atoms with Gasteiger partial charge in [-0.05, 0) is 25.3 Å². The smallest absolute Gasteiger partial charge is 0.295 e. The molecule has 20 heavy (non-hydrogen) atoms. The van der Waals surface area contributed by atoms with Crippen LogP contribution >= 0.6 is 0 Å². The van der Waals surface area contributed by atoms with Crippen molar-refractivity contribution in [3.05, 3.63) is 36.0 Å². The van der Waals surface area contributed by atoms with E-state index in [1.54, 1.807) is 11.1 Å². The zero-order valence-corrected chi connectivity index (χ0v) is 11.6. The first kappa shape index (κ1) is 12.9. The third-order valence-corrected chi connectivity index (χ3v) is 3.98. The molecule has 1 aliphatic rings. The first-order chi connectivity index (χ1) is 9.68. The summed E-state index contributed by atoms with van der Waals surface area (Å²) < 4.78 is 1.89. The lowest BCUT2D eigenvalue weighted by atomic mass is 10.1. The van der Waals surface area contributed by atoms with Gasteiger partial charge >= 0.3 is 0 Å². The first-order valence-corrected chi connectivity index (χ1v) is 7.06. The van der Waals surface area contributed by atoms with Crippen molar-refractivity contribution in [3.63, 3.8) is 0 Å². The number of rotatable bonds is 2. The van der Waals surface area contributed by atoms with E-state index >= 15 is 0 Å². The van der Waals surface area contributed by atoms with Crippen LogP contribution in [0.1, 0.15) is 29.6 Å². The van der Waals surface area contributed by atoms with Gasteiger partial charge in [0.15, 0.2) is 0 Å². The Kier molecular flexibility index (Phi) is 3.30. The van der Waals surface area contributed by atoms with Crippen LogP contribution in [0.25, 0.3) is 10.9 Å². The van der Waals surface area contributed by atoms with E-state index in [0.29, 0.717) is 18.7 Å². The van der Waals surface area contributed by atoms with Gasteiger partial charge < -0.3 is 9.47 Å². The summed E-state index contributed by atoms with van der Waals surface area (Å²) in [4.78, 5) is 26.5. The lowest BCUT2D eigenvalue weighted by Crippen LogP contribution is -2.40. The number of amides is 1. The minimum Gasteiger partial charge on any atom is -0.350 e. The molecule has 0 aliphatic carbocycles. The number of nitrogens with zero attached hydrogens (tertiary/aromatic N) is 2. The van der Waals surface area contributed by atoms with E-state index in [1.807, 2.05) is 35.9 Å². The zero-order valence-electron chi connectivity index (χ0n) is 11.6. The Morgan fingerprint density at radius 1 is 1.05 bits per heavy atom. The summed E-state index contributed by atoms with van der Waals surface area (Å²) in [6, 6.07) is 7.68. The van der Waals surface area contributed by atoms with Crippen LogP contribution in [0.15, 0.2) is 30.5 Å². The van der Waals surface area contributed by atoms with Crippen LogP contribution in [0, 0.1) is 0 Å². The predicted molar refractivity (Wildman–Crippen MR) is 77.7 cm³/mol. The minimum absolute atomic E-state index is 0.360. The fraction of sp³-hybridized carbons (Fsp3) is 0.375. The number of carbonyl (C=O) groups excluding carboxylic acids is 2. The number of aryl methyl sites for hydroxylation is 1. The van der Waals surface area contributed by atoms with E-state index in [1.165, 1.54) is 0 Å². The van der Waals surface area contributed by atoms with E-state index in [4.69, 9.17) is 0 Å². The number of hydrogen-bond acceptors (Lipinski definition) is 2. The molecule has 1 aromatic heterocycles. The summed E-state index contributed by atoms with van der Waals surface area (Å²) in [5.74, 6) is -0.746. The molecule has 0 spiro atoms. The van der Waals surface area contributed by atoms with Crippen LogP contribution in [0.3, 0.4) is 0 Å². The molecule has 2 heterocycles. The highest BCUT2D eigenvalue weighted by Crippen LogP contribution is 2.22. The topological polar surface area (TPSA) is 42.3 Å². The highest BCUT2D eigenvalue weighted by atomic mass is 16.2. The van der Waals surface area contributed by atoms with Crippen molar-refractivity contribution in [2.45, 2.75) is 19.3 Å². The van der Waals surface area contributed by atoms with Gasteiger partial charge in [-0.3, -0.25) is 9.59 Å². The number of benzene rings is 1. The average Bonchev–Trinajstić information content (AvgIpc) is 2.84. The molecular formula is C16H18N2O2. The summed E-state index contributed by atoms with van der Waals surface area (Å²) in [6.45, 7) is 1.41. The number of para-hydroxylation sites is 1. The standard InChI is InChI=1S/C16H18N2O2/c1-17-11-13(12-7-3-4-8-14(12)17)15(19)16(20)18-9-5-2-6-10-18/h3-4,7-8,11H,2,5-6,9-10H2,1H3. The molecule has 104 valence electrons. The van der Waals surface area contributed by atoms with Crippen molar-refractivity contribution in [1.29, 1.82) is 0 Å². The summed E-state index contributed by atoms with van der Waals surface area (Å²) in [7, 11) is 1.89. The Balaban J connectivity index is 1.94. The second kappa shape index (κ2) is 5.12. The van der Waals surface area contributed by atoms with Crippen LogP contribution in [-0.4, -0.2) is 34.2 Å². The molecule has 1 aromatic carbocycles. The maximum Gasteiger partial charge on any atom is 0.295 e. The maximum atomic E-state index is 12.5. The molecule has 4 heteroatoms. The second-order valence-corrected chi connectivity index (χ2v) is 5.35. The molecular weight excluding hydrogens is 252 g/mol. The lowest BCUT2D eigenvalue weighted by molar-refractivity contribution is -0.127. The van der Waals surface area contributed by atoms with E-state index in [-0.39, 0.29) is 11.7 Å². The van der Waals surface area contributed by atoms with Gasteiger partial charge in [-0.25, -0.2) is 0 Å². The predicted octanol–water partition coefficient (Wildman–Crippen LogP) is 2.37. The molecule has 0 radical (unpaired) electrons. The Labute approximate surface area is 118 Å². The normalized spacial score (nSPS) is 15.6. The highest BCUT2D eigenvalue weighted by molar-refractivity contribution is 6.44. The number of aromatic nitrogens is 1. The van der Waals surface area contributed by atoms with E-state index < -0.39 is 0 Å². The van der Waals surface area contributed by atoms with Gasteiger partial charge in [0.05, 0.1) is 5.56 Å². The van der Waals surface area contributed by atoms with E-state index in [2.05, 4.69) is 0 Å². The summed E-state index contributed by atoms with van der Waals surface area (Å²) in [5, 5.41) is 0.852. The van der Waals surface area contributed by atoms with Crippen molar-refractivity contribution in [3.8, 4) is 0 Å². The van der Waals surface area contributed by atoms with Crippen molar-refractivity contribution in [1.82, 2.24) is 9.47 Å². The Morgan fingerprint density at radius 3 is 2.50 bits per heavy atom. The molecule has 0 saturated carbocycles. The Bertz CT molecular complexity index is 666. The SMILES string of the molecule is Cn1cc(C(=O)C(=O)N2CCCCC2)c2ccccc21. The molecule has 1 fully saturated rings. The van der Waals surface area contributed by atoms with Crippen molar-refractivity contribution < 1.29 is 9.59 Å². The third kappa shape index (κ3) is 2.11. The van der Waals surface area contributed by atoms with Crippen molar-refractivity contribution >= 4 is 22.6 Å². The average molecular weight is 270 g/mol. The summed E-state index contributed by atoms with van der Waals surface area (Å²) in [6.07, 6.45) is 4.89. The summed E-state index contributed by atoms with van der Waals surface area (Å²) in [5.41, 5.74) is 1.49. The zero-order chi connectivity index (χ0) is 14.1. The third-order valence-electron chi connectivity index (χ3n) is 3.98. The number of Topliss-reactive ketones (excluding diaryl/α,β-unsaturated/α-hetero) is 1. The summed E-state index contributed by atoms with van der Waals surface area (Å²) >= 11 is 0. The number of carbonyl (C=O) groups is 2. The molecule has 0 unspecified atom stereocenters.